The van der Waals surface area contributed by atoms with Gasteiger partial charge in [0.25, 0.3) is 5.91 Å². The molecule has 0 bridgehead atoms. The molecule has 0 unspecified atom stereocenters. The van der Waals surface area contributed by atoms with Gasteiger partial charge in [0.15, 0.2) is 0 Å². The van der Waals surface area contributed by atoms with E-state index in [9.17, 15) is 9.59 Å². The Morgan fingerprint density at radius 2 is 1.50 bits per heavy atom. The lowest BCUT2D eigenvalue weighted by molar-refractivity contribution is -0.114. The molecule has 2 aromatic rings. The van der Waals surface area contributed by atoms with Gasteiger partial charge in [0, 0.05) is 69.2 Å². The fraction of sp³-hybridized carbons (Fsp3) is 0.500. The maximum Gasteiger partial charge on any atom is 0.253 e. The van der Waals surface area contributed by atoms with Crippen LogP contribution >= 0.6 is 0 Å². The first-order valence-corrected chi connectivity index (χ1v) is 12.8. The number of nitrogens with zero attached hydrogens (tertiary/aromatic N) is 3. The molecule has 6 nitrogen and oxygen atoms in total. The van der Waals surface area contributed by atoms with Gasteiger partial charge in [-0.15, -0.1) is 0 Å². The highest BCUT2D eigenvalue weighted by Gasteiger charge is 2.26. The molecule has 5 rings (SSSR count). The first kappa shape index (κ1) is 22.9. The summed E-state index contributed by atoms with van der Waals surface area (Å²) in [5, 5.41) is 2.74. The lowest BCUT2D eigenvalue weighted by Crippen LogP contribution is -2.48. The van der Waals surface area contributed by atoms with E-state index < -0.39 is 0 Å². The van der Waals surface area contributed by atoms with Crippen LogP contribution in [0.15, 0.2) is 42.5 Å². The Hall–Kier alpha value is -2.86. The SMILES string of the molecule is CC(=O)Nc1ccc(C(=O)N2CCN(c3ccc4c(c3)CCN(C3CCCC3)CC4)CC2)cc1. The van der Waals surface area contributed by atoms with Crippen LogP contribution in [-0.2, 0) is 17.6 Å². The van der Waals surface area contributed by atoms with E-state index in [0.717, 1.165) is 45.1 Å². The van der Waals surface area contributed by atoms with E-state index in [2.05, 4.69) is 33.3 Å². The second kappa shape index (κ2) is 10.2. The van der Waals surface area contributed by atoms with Crippen LogP contribution in [-0.4, -0.2) is 66.9 Å². The molecule has 180 valence electrons. The molecule has 2 aliphatic heterocycles. The molecule has 6 heteroatoms. The van der Waals surface area contributed by atoms with Gasteiger partial charge in [-0.25, -0.2) is 0 Å². The monoisotopic (exact) mass is 460 g/mol. The summed E-state index contributed by atoms with van der Waals surface area (Å²) in [7, 11) is 0. The van der Waals surface area contributed by atoms with Crippen LogP contribution in [0.1, 0.15) is 54.1 Å². The summed E-state index contributed by atoms with van der Waals surface area (Å²) < 4.78 is 0. The predicted molar refractivity (Wildman–Crippen MR) is 137 cm³/mol. The highest BCUT2D eigenvalue weighted by Crippen LogP contribution is 2.28. The van der Waals surface area contributed by atoms with Gasteiger partial charge in [0.1, 0.15) is 0 Å². The summed E-state index contributed by atoms with van der Waals surface area (Å²) in [5.74, 6) is -0.0536. The zero-order chi connectivity index (χ0) is 23.5. The predicted octanol–water partition coefficient (Wildman–Crippen LogP) is 3.95. The van der Waals surface area contributed by atoms with Crippen molar-refractivity contribution >= 4 is 23.2 Å². The number of piperazine rings is 1. The van der Waals surface area contributed by atoms with Crippen LogP contribution in [0, 0.1) is 0 Å². The van der Waals surface area contributed by atoms with Crippen molar-refractivity contribution < 1.29 is 9.59 Å². The van der Waals surface area contributed by atoms with Gasteiger partial charge in [0.2, 0.25) is 5.91 Å². The van der Waals surface area contributed by atoms with Crippen molar-refractivity contribution in [1.82, 2.24) is 9.80 Å². The highest BCUT2D eigenvalue weighted by atomic mass is 16.2. The first-order chi connectivity index (χ1) is 16.6. The molecule has 1 aliphatic carbocycles. The van der Waals surface area contributed by atoms with Crippen LogP contribution < -0.4 is 10.2 Å². The Morgan fingerprint density at radius 1 is 0.824 bits per heavy atom. The van der Waals surface area contributed by atoms with Crippen LogP contribution in [0.4, 0.5) is 11.4 Å². The van der Waals surface area contributed by atoms with Crippen LogP contribution in [0.3, 0.4) is 0 Å². The molecule has 34 heavy (non-hydrogen) atoms. The molecule has 1 saturated carbocycles. The summed E-state index contributed by atoms with van der Waals surface area (Å²) in [6.45, 7) is 7.00. The van der Waals surface area contributed by atoms with Gasteiger partial charge in [-0.2, -0.15) is 0 Å². The zero-order valence-corrected chi connectivity index (χ0v) is 20.3. The molecular weight excluding hydrogens is 424 g/mol. The summed E-state index contributed by atoms with van der Waals surface area (Å²) in [4.78, 5) is 31.3. The second-order valence-corrected chi connectivity index (χ2v) is 9.97. The number of hydrogen-bond donors (Lipinski definition) is 1. The Kier molecular flexibility index (Phi) is 6.86. The van der Waals surface area contributed by atoms with E-state index >= 15 is 0 Å². The number of anilines is 2. The number of nitrogens with one attached hydrogen (secondary N) is 1. The smallest absolute Gasteiger partial charge is 0.253 e. The maximum absolute atomic E-state index is 13.0. The molecule has 3 aliphatic rings. The molecule has 1 N–H and O–H groups in total. The fourth-order valence-corrected chi connectivity index (χ4v) is 5.81. The Morgan fingerprint density at radius 3 is 2.18 bits per heavy atom. The van der Waals surface area contributed by atoms with Gasteiger partial charge < -0.3 is 15.1 Å². The highest BCUT2D eigenvalue weighted by molar-refractivity contribution is 5.95. The van der Waals surface area contributed by atoms with Crippen molar-refractivity contribution in [2.24, 2.45) is 0 Å². The van der Waals surface area contributed by atoms with E-state index in [4.69, 9.17) is 0 Å². The van der Waals surface area contributed by atoms with Crippen molar-refractivity contribution in [3.63, 3.8) is 0 Å². The largest absolute Gasteiger partial charge is 0.368 e. The lowest BCUT2D eigenvalue weighted by atomic mass is 10.0. The number of fused-ring (bicyclic) bond motifs is 1. The van der Waals surface area contributed by atoms with Crippen LogP contribution in [0.2, 0.25) is 0 Å². The van der Waals surface area contributed by atoms with Crippen molar-refractivity contribution in [3.05, 3.63) is 59.2 Å². The third kappa shape index (κ3) is 5.12. The van der Waals surface area contributed by atoms with Gasteiger partial charge in [-0.3, -0.25) is 14.5 Å². The van der Waals surface area contributed by atoms with E-state index in [1.807, 2.05) is 4.90 Å². The van der Waals surface area contributed by atoms with Crippen LogP contribution in [0.5, 0.6) is 0 Å². The first-order valence-electron chi connectivity index (χ1n) is 12.8. The molecule has 0 spiro atoms. The number of amides is 2. The summed E-state index contributed by atoms with van der Waals surface area (Å²) in [6, 6.07) is 15.0. The number of benzene rings is 2. The second-order valence-electron chi connectivity index (χ2n) is 9.97. The van der Waals surface area contributed by atoms with Gasteiger partial charge in [0.05, 0.1) is 0 Å². The van der Waals surface area contributed by atoms with Crippen molar-refractivity contribution in [2.75, 3.05) is 49.5 Å². The quantitative estimate of drug-likeness (QED) is 0.751. The molecule has 1 saturated heterocycles. The van der Waals surface area contributed by atoms with Gasteiger partial charge >= 0.3 is 0 Å². The summed E-state index contributed by atoms with van der Waals surface area (Å²) in [6.07, 6.45) is 7.86. The van der Waals surface area contributed by atoms with E-state index in [-0.39, 0.29) is 11.8 Å². The molecule has 2 fully saturated rings. The minimum Gasteiger partial charge on any atom is -0.368 e. The third-order valence-corrected chi connectivity index (χ3v) is 7.75. The molecular formula is C28H36N4O2. The maximum atomic E-state index is 13.0. The standard InChI is InChI=1S/C28H36N4O2/c1-21(33)29-25-9-6-23(7-10-25)28(34)32-18-16-31(17-19-32)27-11-8-22-12-14-30(15-13-24(22)20-27)26-4-2-3-5-26/h6-11,20,26H,2-5,12-19H2,1H3,(H,29,33). The normalized spacial score (nSPS) is 19.6. The van der Waals surface area contributed by atoms with E-state index in [1.165, 1.54) is 62.5 Å². The van der Waals surface area contributed by atoms with Gasteiger partial charge in [-0.1, -0.05) is 18.9 Å². The Balaban J connectivity index is 1.18. The topological polar surface area (TPSA) is 55.9 Å². The number of carbonyl (C=O) groups excluding carboxylic acids is 2. The van der Waals surface area contributed by atoms with Crippen LogP contribution in [0.25, 0.3) is 0 Å². The third-order valence-electron chi connectivity index (χ3n) is 7.75. The minimum absolute atomic E-state index is 0.0583. The molecule has 0 radical (unpaired) electrons. The summed E-state index contributed by atoms with van der Waals surface area (Å²) in [5.41, 5.74) is 5.69. The molecule has 2 amide bonds. The van der Waals surface area contributed by atoms with Crippen molar-refractivity contribution in [1.29, 1.82) is 0 Å². The van der Waals surface area contributed by atoms with E-state index in [0.29, 0.717) is 11.3 Å². The molecule has 2 aromatic carbocycles. The molecule has 0 atom stereocenters. The minimum atomic E-state index is -0.112. The molecule has 2 heterocycles. The average molecular weight is 461 g/mol. The van der Waals surface area contributed by atoms with E-state index in [1.54, 1.807) is 24.3 Å². The number of rotatable bonds is 4. The summed E-state index contributed by atoms with van der Waals surface area (Å²) >= 11 is 0. The van der Waals surface area contributed by atoms with Crippen molar-refractivity contribution in [2.45, 2.75) is 51.5 Å². The molecule has 0 aromatic heterocycles. The Bertz CT molecular complexity index is 1020. The number of carbonyl (C=O) groups is 2. The Labute approximate surface area is 202 Å². The van der Waals surface area contributed by atoms with Crippen molar-refractivity contribution in [3.8, 4) is 0 Å². The van der Waals surface area contributed by atoms with Gasteiger partial charge in [-0.05, 0) is 73.2 Å². The number of hydrogen-bond acceptors (Lipinski definition) is 4. The fourth-order valence-electron chi connectivity index (χ4n) is 5.81. The zero-order valence-electron chi connectivity index (χ0n) is 20.3. The average Bonchev–Trinajstić information content (AvgIpc) is 3.31. The lowest BCUT2D eigenvalue weighted by Gasteiger charge is -2.36.